The van der Waals surface area contributed by atoms with Gasteiger partial charge in [0.1, 0.15) is 0 Å². The number of benzene rings is 2. The number of nitrogens with one attached hydrogen (secondary N) is 1. The number of hydrogen-bond acceptors (Lipinski definition) is 2. The second-order valence-electron chi connectivity index (χ2n) is 5.86. The Morgan fingerprint density at radius 2 is 1.67 bits per heavy atom. The molecule has 1 heterocycles. The normalized spacial score (nSPS) is 11.9. The van der Waals surface area contributed by atoms with Gasteiger partial charge in [-0.1, -0.05) is 60.7 Å². The van der Waals surface area contributed by atoms with E-state index in [2.05, 4.69) is 47.8 Å². The molecule has 1 amide bonds. The van der Waals surface area contributed by atoms with E-state index >= 15 is 0 Å². The van der Waals surface area contributed by atoms with Crippen molar-refractivity contribution in [3.63, 3.8) is 0 Å². The summed E-state index contributed by atoms with van der Waals surface area (Å²) in [6.07, 6.45) is 1.34. The van der Waals surface area contributed by atoms with E-state index < -0.39 is 0 Å². The zero-order valence-corrected chi connectivity index (χ0v) is 14.6. The third-order valence-electron chi connectivity index (χ3n) is 4.07. The van der Waals surface area contributed by atoms with E-state index in [9.17, 15) is 4.79 Å². The van der Waals surface area contributed by atoms with E-state index in [1.807, 2.05) is 36.6 Å². The molecule has 2 nitrogen and oxygen atoms in total. The Morgan fingerprint density at radius 3 is 2.33 bits per heavy atom. The molecule has 122 valence electrons. The summed E-state index contributed by atoms with van der Waals surface area (Å²) < 4.78 is 0. The number of aryl methyl sites for hydroxylation is 1. The third-order valence-corrected chi connectivity index (χ3v) is 5.01. The van der Waals surface area contributed by atoms with Crippen molar-refractivity contribution in [2.45, 2.75) is 25.8 Å². The average Bonchev–Trinajstić information content (AvgIpc) is 3.14. The van der Waals surface area contributed by atoms with Crippen LogP contribution in [0, 0.1) is 0 Å². The molecule has 0 saturated carbocycles. The Hall–Kier alpha value is -2.39. The van der Waals surface area contributed by atoms with Crippen LogP contribution in [0.3, 0.4) is 0 Å². The Bertz CT molecular complexity index is 763. The van der Waals surface area contributed by atoms with Crippen molar-refractivity contribution < 1.29 is 4.79 Å². The van der Waals surface area contributed by atoms with Gasteiger partial charge in [0.05, 0.1) is 6.04 Å². The molecule has 2 aromatic carbocycles. The topological polar surface area (TPSA) is 29.1 Å². The van der Waals surface area contributed by atoms with E-state index in [1.165, 1.54) is 16.0 Å². The maximum Gasteiger partial charge on any atom is 0.220 e. The highest BCUT2D eigenvalue weighted by atomic mass is 32.1. The molecule has 3 aromatic rings. The maximum atomic E-state index is 12.1. The van der Waals surface area contributed by atoms with Gasteiger partial charge in [-0.3, -0.25) is 4.79 Å². The molecule has 0 aliphatic carbocycles. The summed E-state index contributed by atoms with van der Waals surface area (Å²) in [5.74, 6) is 0.100. The Morgan fingerprint density at radius 1 is 0.958 bits per heavy atom. The highest BCUT2D eigenvalue weighted by Gasteiger charge is 2.10. The quantitative estimate of drug-likeness (QED) is 0.657. The molecular formula is C21H21NOS. The van der Waals surface area contributed by atoms with Crippen LogP contribution in [0.5, 0.6) is 0 Å². The van der Waals surface area contributed by atoms with Gasteiger partial charge in [0.15, 0.2) is 0 Å². The number of carbonyl (C=O) groups excluding carboxylic acids is 1. The number of rotatable bonds is 6. The first kappa shape index (κ1) is 16.5. The Balaban J connectivity index is 1.56. The molecule has 0 bridgehead atoms. The van der Waals surface area contributed by atoms with Crippen LogP contribution < -0.4 is 5.32 Å². The van der Waals surface area contributed by atoms with Gasteiger partial charge in [-0.25, -0.2) is 0 Å². The highest BCUT2D eigenvalue weighted by Crippen LogP contribution is 2.22. The van der Waals surface area contributed by atoms with Crippen LogP contribution in [0.2, 0.25) is 0 Å². The monoisotopic (exact) mass is 335 g/mol. The predicted octanol–water partition coefficient (Wildman–Crippen LogP) is 5.23. The van der Waals surface area contributed by atoms with Crippen LogP contribution in [-0.2, 0) is 11.2 Å². The lowest BCUT2D eigenvalue weighted by Crippen LogP contribution is -2.26. The van der Waals surface area contributed by atoms with Crippen LogP contribution in [0.1, 0.15) is 29.8 Å². The van der Waals surface area contributed by atoms with Crippen molar-refractivity contribution in [1.82, 2.24) is 5.32 Å². The molecule has 0 saturated heterocycles. The predicted molar refractivity (Wildman–Crippen MR) is 101 cm³/mol. The lowest BCUT2D eigenvalue weighted by Gasteiger charge is -2.15. The molecule has 0 aliphatic rings. The summed E-state index contributed by atoms with van der Waals surface area (Å²) in [5.41, 5.74) is 3.52. The Labute approximate surface area is 147 Å². The number of hydrogen-bond donors (Lipinski definition) is 1. The number of thiophene rings is 1. The minimum Gasteiger partial charge on any atom is -0.350 e. The summed E-state index contributed by atoms with van der Waals surface area (Å²) in [6, 6.07) is 22.8. The summed E-state index contributed by atoms with van der Waals surface area (Å²) in [7, 11) is 0. The lowest BCUT2D eigenvalue weighted by molar-refractivity contribution is -0.121. The SMILES string of the molecule is CC(NC(=O)CCc1cccs1)c1ccc(-c2ccccc2)cc1. The fourth-order valence-electron chi connectivity index (χ4n) is 2.68. The summed E-state index contributed by atoms with van der Waals surface area (Å²) in [4.78, 5) is 13.4. The van der Waals surface area contributed by atoms with E-state index in [0.717, 1.165) is 12.0 Å². The minimum atomic E-state index is 0.0191. The van der Waals surface area contributed by atoms with Crippen molar-refractivity contribution in [2.75, 3.05) is 0 Å². The largest absolute Gasteiger partial charge is 0.350 e. The second-order valence-corrected chi connectivity index (χ2v) is 6.89. The van der Waals surface area contributed by atoms with Gasteiger partial charge in [0.2, 0.25) is 5.91 Å². The Kier molecular flexibility index (Phi) is 5.44. The molecule has 0 aliphatic heterocycles. The third kappa shape index (κ3) is 4.33. The van der Waals surface area contributed by atoms with Gasteiger partial charge in [-0.2, -0.15) is 0 Å². The fraction of sp³-hybridized carbons (Fsp3) is 0.190. The standard InChI is InChI=1S/C21H21NOS/c1-16(22-21(23)14-13-20-8-5-15-24-20)17-9-11-19(12-10-17)18-6-3-2-4-7-18/h2-12,15-16H,13-14H2,1H3,(H,22,23). The van der Waals surface area contributed by atoms with E-state index in [0.29, 0.717) is 6.42 Å². The molecule has 3 heteroatoms. The molecule has 1 unspecified atom stereocenters. The zero-order chi connectivity index (χ0) is 16.8. The van der Waals surface area contributed by atoms with Gasteiger partial charge >= 0.3 is 0 Å². The van der Waals surface area contributed by atoms with Gasteiger partial charge in [-0.15, -0.1) is 11.3 Å². The zero-order valence-electron chi connectivity index (χ0n) is 13.7. The van der Waals surface area contributed by atoms with Crippen molar-refractivity contribution in [1.29, 1.82) is 0 Å². The van der Waals surface area contributed by atoms with Gasteiger partial charge in [0.25, 0.3) is 0 Å². The first-order valence-electron chi connectivity index (χ1n) is 8.19. The molecule has 0 spiro atoms. The van der Waals surface area contributed by atoms with E-state index in [-0.39, 0.29) is 11.9 Å². The van der Waals surface area contributed by atoms with Crippen molar-refractivity contribution in [3.05, 3.63) is 82.6 Å². The second kappa shape index (κ2) is 7.93. The van der Waals surface area contributed by atoms with E-state index in [4.69, 9.17) is 0 Å². The lowest BCUT2D eigenvalue weighted by atomic mass is 10.0. The van der Waals surface area contributed by atoms with Gasteiger partial charge < -0.3 is 5.32 Å². The molecular weight excluding hydrogens is 314 g/mol. The first-order valence-corrected chi connectivity index (χ1v) is 9.07. The van der Waals surface area contributed by atoms with E-state index in [1.54, 1.807) is 11.3 Å². The van der Waals surface area contributed by atoms with Gasteiger partial charge in [0, 0.05) is 11.3 Å². The molecule has 1 N–H and O–H groups in total. The molecule has 0 radical (unpaired) electrons. The molecule has 24 heavy (non-hydrogen) atoms. The maximum absolute atomic E-state index is 12.1. The summed E-state index contributed by atoms with van der Waals surface area (Å²) in [6.45, 7) is 2.03. The molecule has 3 rings (SSSR count). The van der Waals surface area contributed by atoms with Crippen LogP contribution in [-0.4, -0.2) is 5.91 Å². The van der Waals surface area contributed by atoms with Crippen molar-refractivity contribution >= 4 is 17.2 Å². The molecule has 1 aromatic heterocycles. The fourth-order valence-corrected chi connectivity index (χ4v) is 3.39. The molecule has 1 atom stereocenters. The average molecular weight is 335 g/mol. The first-order chi connectivity index (χ1) is 11.7. The molecule has 0 fully saturated rings. The van der Waals surface area contributed by atoms with Crippen LogP contribution in [0.15, 0.2) is 72.1 Å². The van der Waals surface area contributed by atoms with Crippen molar-refractivity contribution in [3.8, 4) is 11.1 Å². The smallest absolute Gasteiger partial charge is 0.220 e. The van der Waals surface area contributed by atoms with Crippen LogP contribution in [0.25, 0.3) is 11.1 Å². The summed E-state index contributed by atoms with van der Waals surface area (Å²) >= 11 is 1.70. The van der Waals surface area contributed by atoms with Crippen LogP contribution >= 0.6 is 11.3 Å². The number of carbonyl (C=O) groups is 1. The highest BCUT2D eigenvalue weighted by molar-refractivity contribution is 7.09. The number of amides is 1. The van der Waals surface area contributed by atoms with Crippen LogP contribution in [0.4, 0.5) is 0 Å². The summed E-state index contributed by atoms with van der Waals surface area (Å²) in [5, 5.41) is 5.13. The minimum absolute atomic E-state index is 0.0191. The van der Waals surface area contributed by atoms with Gasteiger partial charge in [-0.05, 0) is 41.5 Å². The van der Waals surface area contributed by atoms with Crippen molar-refractivity contribution in [2.24, 2.45) is 0 Å².